The number of benzene rings is 8. The van der Waals surface area contributed by atoms with Gasteiger partial charge in [0.2, 0.25) is 0 Å². The van der Waals surface area contributed by atoms with Crippen molar-refractivity contribution < 1.29 is 4.42 Å². The SMILES string of the molecule is c1ccc(-c2nc(-c3ccc(-c4cccc5ccccc45)cc3)nc(-c3cc(-c4ccc5ccccc5c4)cc4oc5ccccc5c34)n2)cc1. The lowest BCUT2D eigenvalue weighted by molar-refractivity contribution is 0.669. The van der Waals surface area contributed by atoms with Crippen molar-refractivity contribution in [2.24, 2.45) is 0 Å². The van der Waals surface area contributed by atoms with Gasteiger partial charge in [-0.3, -0.25) is 0 Å². The summed E-state index contributed by atoms with van der Waals surface area (Å²) in [5, 5.41) is 6.84. The lowest BCUT2D eigenvalue weighted by Crippen LogP contribution is -2.00. The predicted octanol–water partition coefficient (Wildman–Crippen LogP) is 12.4. The minimum atomic E-state index is 0.594. The molecule has 0 bridgehead atoms. The third-order valence-electron chi connectivity index (χ3n) is 9.71. The Balaban J connectivity index is 1.18. The maximum atomic E-state index is 6.51. The van der Waals surface area contributed by atoms with E-state index in [2.05, 4.69) is 127 Å². The van der Waals surface area contributed by atoms with E-state index in [-0.39, 0.29) is 0 Å². The average molecular weight is 652 g/mol. The molecule has 0 saturated heterocycles. The van der Waals surface area contributed by atoms with E-state index in [1.165, 1.54) is 27.1 Å². The predicted molar refractivity (Wildman–Crippen MR) is 209 cm³/mol. The van der Waals surface area contributed by atoms with Gasteiger partial charge in [-0.15, -0.1) is 0 Å². The van der Waals surface area contributed by atoms with Gasteiger partial charge in [0.05, 0.1) is 0 Å². The summed E-state index contributed by atoms with van der Waals surface area (Å²) in [6.45, 7) is 0. The number of fused-ring (bicyclic) bond motifs is 5. The summed E-state index contributed by atoms with van der Waals surface area (Å²) < 4.78 is 6.51. The highest BCUT2D eigenvalue weighted by atomic mass is 16.3. The van der Waals surface area contributed by atoms with Gasteiger partial charge >= 0.3 is 0 Å². The molecule has 0 fully saturated rings. The van der Waals surface area contributed by atoms with E-state index in [4.69, 9.17) is 19.4 Å². The van der Waals surface area contributed by atoms with Crippen molar-refractivity contribution in [3.05, 3.63) is 176 Å². The van der Waals surface area contributed by atoms with Crippen LogP contribution >= 0.6 is 0 Å². The number of nitrogens with zero attached hydrogens (tertiary/aromatic N) is 3. The number of furan rings is 1. The second-order valence-corrected chi connectivity index (χ2v) is 12.8. The molecule has 0 N–H and O–H groups in total. The topological polar surface area (TPSA) is 51.8 Å². The molecule has 0 saturated carbocycles. The molecule has 0 spiro atoms. The molecular formula is C47H29N3O. The van der Waals surface area contributed by atoms with Crippen LogP contribution in [0.15, 0.2) is 180 Å². The first-order valence-corrected chi connectivity index (χ1v) is 17.1. The van der Waals surface area contributed by atoms with Crippen molar-refractivity contribution in [2.45, 2.75) is 0 Å². The van der Waals surface area contributed by atoms with Crippen LogP contribution in [0.4, 0.5) is 0 Å². The maximum absolute atomic E-state index is 6.51. The summed E-state index contributed by atoms with van der Waals surface area (Å²) in [6.07, 6.45) is 0. The van der Waals surface area contributed by atoms with E-state index in [1.807, 2.05) is 48.5 Å². The number of para-hydroxylation sites is 1. The molecule has 10 aromatic rings. The molecule has 2 heterocycles. The zero-order chi connectivity index (χ0) is 33.7. The second kappa shape index (κ2) is 11.9. The van der Waals surface area contributed by atoms with Crippen molar-refractivity contribution in [3.8, 4) is 56.4 Å². The van der Waals surface area contributed by atoms with Gasteiger partial charge in [-0.2, -0.15) is 0 Å². The fourth-order valence-corrected chi connectivity index (χ4v) is 7.18. The highest BCUT2D eigenvalue weighted by molar-refractivity contribution is 6.13. The Bertz CT molecular complexity index is 2900. The van der Waals surface area contributed by atoms with Crippen molar-refractivity contribution in [1.29, 1.82) is 0 Å². The lowest BCUT2D eigenvalue weighted by Gasteiger charge is -2.12. The number of hydrogen-bond donors (Lipinski definition) is 0. The molecule has 0 atom stereocenters. The van der Waals surface area contributed by atoms with Crippen LogP contribution in [-0.4, -0.2) is 15.0 Å². The van der Waals surface area contributed by atoms with Gasteiger partial charge in [0.25, 0.3) is 0 Å². The Kier molecular flexibility index (Phi) is 6.78. The first-order chi connectivity index (χ1) is 25.2. The van der Waals surface area contributed by atoms with E-state index in [9.17, 15) is 0 Å². The van der Waals surface area contributed by atoms with Gasteiger partial charge < -0.3 is 4.42 Å². The highest BCUT2D eigenvalue weighted by Gasteiger charge is 2.20. The molecule has 4 heteroatoms. The summed E-state index contributed by atoms with van der Waals surface area (Å²) in [7, 11) is 0. The molecule has 0 amide bonds. The second-order valence-electron chi connectivity index (χ2n) is 12.8. The van der Waals surface area contributed by atoms with Crippen LogP contribution < -0.4 is 0 Å². The Morgan fingerprint density at radius 3 is 1.75 bits per heavy atom. The fraction of sp³-hybridized carbons (Fsp3) is 0. The molecule has 0 aliphatic rings. The van der Waals surface area contributed by atoms with Gasteiger partial charge in [-0.1, -0.05) is 152 Å². The number of rotatable bonds is 5. The number of aromatic nitrogens is 3. The Morgan fingerprint density at radius 1 is 0.314 bits per heavy atom. The minimum absolute atomic E-state index is 0.594. The molecule has 238 valence electrons. The monoisotopic (exact) mass is 651 g/mol. The summed E-state index contributed by atoms with van der Waals surface area (Å²) in [5.74, 6) is 1.82. The molecule has 51 heavy (non-hydrogen) atoms. The van der Waals surface area contributed by atoms with E-state index in [0.717, 1.165) is 55.3 Å². The zero-order valence-electron chi connectivity index (χ0n) is 27.5. The van der Waals surface area contributed by atoms with Crippen LogP contribution in [-0.2, 0) is 0 Å². The van der Waals surface area contributed by atoms with E-state index >= 15 is 0 Å². The van der Waals surface area contributed by atoms with Gasteiger partial charge in [-0.25, -0.2) is 15.0 Å². The molecule has 10 rings (SSSR count). The summed E-state index contributed by atoms with van der Waals surface area (Å²) in [5.41, 5.74) is 8.82. The van der Waals surface area contributed by atoms with E-state index in [0.29, 0.717) is 17.5 Å². The Hall–Kier alpha value is -6.91. The standard InChI is InChI=1S/C47H29N3O/c1-2-13-33(14-3-1)45-48-46(34-24-22-32(23-25-34)39-19-10-16-31-12-6-7-17-38(31)39)50-47(49-45)41-28-37(36-26-21-30-11-4-5-15-35(30)27-36)29-43-44(41)40-18-8-9-20-42(40)51-43/h1-29H. The maximum Gasteiger partial charge on any atom is 0.164 e. The Labute approximate surface area is 294 Å². The molecule has 8 aromatic carbocycles. The molecular weight excluding hydrogens is 623 g/mol. The quantitative estimate of drug-likeness (QED) is 0.186. The molecule has 0 unspecified atom stereocenters. The molecule has 0 aliphatic carbocycles. The van der Waals surface area contributed by atoms with E-state index < -0.39 is 0 Å². The van der Waals surface area contributed by atoms with Crippen LogP contribution in [0, 0.1) is 0 Å². The molecule has 2 aromatic heterocycles. The highest BCUT2D eigenvalue weighted by Crippen LogP contribution is 2.40. The van der Waals surface area contributed by atoms with Gasteiger partial charge in [0.15, 0.2) is 17.5 Å². The smallest absolute Gasteiger partial charge is 0.164 e. The zero-order valence-corrected chi connectivity index (χ0v) is 27.5. The first-order valence-electron chi connectivity index (χ1n) is 17.1. The Morgan fingerprint density at radius 2 is 0.922 bits per heavy atom. The van der Waals surface area contributed by atoms with Crippen molar-refractivity contribution in [2.75, 3.05) is 0 Å². The third kappa shape index (κ3) is 5.13. The van der Waals surface area contributed by atoms with Crippen LogP contribution in [0.5, 0.6) is 0 Å². The third-order valence-corrected chi connectivity index (χ3v) is 9.71. The minimum Gasteiger partial charge on any atom is -0.456 e. The summed E-state index contributed by atoms with van der Waals surface area (Å²) >= 11 is 0. The van der Waals surface area contributed by atoms with Crippen molar-refractivity contribution in [3.63, 3.8) is 0 Å². The van der Waals surface area contributed by atoms with Crippen LogP contribution in [0.2, 0.25) is 0 Å². The van der Waals surface area contributed by atoms with Gasteiger partial charge in [0, 0.05) is 27.5 Å². The molecule has 0 radical (unpaired) electrons. The largest absolute Gasteiger partial charge is 0.456 e. The van der Waals surface area contributed by atoms with E-state index in [1.54, 1.807) is 0 Å². The average Bonchev–Trinajstić information content (AvgIpc) is 3.59. The number of hydrogen-bond acceptors (Lipinski definition) is 4. The van der Waals surface area contributed by atoms with Crippen molar-refractivity contribution in [1.82, 2.24) is 15.0 Å². The lowest BCUT2D eigenvalue weighted by atomic mass is 9.96. The molecule has 0 aliphatic heterocycles. The van der Waals surface area contributed by atoms with Crippen LogP contribution in [0.1, 0.15) is 0 Å². The normalized spacial score (nSPS) is 11.5. The van der Waals surface area contributed by atoms with Gasteiger partial charge in [-0.05, 0) is 68.1 Å². The van der Waals surface area contributed by atoms with Crippen molar-refractivity contribution >= 4 is 43.5 Å². The van der Waals surface area contributed by atoms with Crippen LogP contribution in [0.25, 0.3) is 99.9 Å². The summed E-state index contributed by atoms with van der Waals surface area (Å²) in [6, 6.07) is 61.1. The molecule has 4 nitrogen and oxygen atoms in total. The first kappa shape index (κ1) is 29.0. The fourth-order valence-electron chi connectivity index (χ4n) is 7.18. The van der Waals surface area contributed by atoms with Crippen LogP contribution in [0.3, 0.4) is 0 Å². The summed E-state index contributed by atoms with van der Waals surface area (Å²) in [4.78, 5) is 15.4. The van der Waals surface area contributed by atoms with Gasteiger partial charge in [0.1, 0.15) is 11.2 Å².